The maximum Gasteiger partial charge on any atom is 0.295 e. The van der Waals surface area contributed by atoms with Crippen LogP contribution in [-0.4, -0.2) is 23.0 Å². The van der Waals surface area contributed by atoms with Crippen molar-refractivity contribution in [3.8, 4) is 0 Å². The summed E-state index contributed by atoms with van der Waals surface area (Å²) in [5.41, 5.74) is 1.21. The summed E-state index contributed by atoms with van der Waals surface area (Å²) in [6.07, 6.45) is 1.29. The number of carbonyl (C=O) groups is 2. The molecule has 6 nitrogen and oxygen atoms in total. The zero-order chi connectivity index (χ0) is 21.2. The molecule has 1 aliphatic carbocycles. The Balaban J connectivity index is 1.63. The predicted octanol–water partition coefficient (Wildman–Crippen LogP) is 4.63. The van der Waals surface area contributed by atoms with Crippen LogP contribution < -0.4 is 4.90 Å². The van der Waals surface area contributed by atoms with Crippen molar-refractivity contribution in [3.63, 3.8) is 0 Å². The molecule has 1 aromatic heterocycles. The highest BCUT2D eigenvalue weighted by atomic mass is 35.5. The number of Topliss-reactive ketones (excluding diaryl/α,β-unsaturated/α-hetero) is 1. The SMILES string of the molecule is Cc1cc(N2C(=O)C3=C(C(=O)C4CC(C)C(C)CC4O3)C2c2ccc(Cl)cc2)no1. The largest absolute Gasteiger partial charge is 0.483 e. The number of rotatable bonds is 2. The van der Waals surface area contributed by atoms with Gasteiger partial charge in [-0.3, -0.25) is 14.5 Å². The van der Waals surface area contributed by atoms with Gasteiger partial charge in [-0.25, -0.2) is 0 Å². The average molecular weight is 427 g/mol. The number of benzene rings is 1. The lowest BCUT2D eigenvalue weighted by atomic mass is 9.70. The number of aromatic nitrogens is 1. The fourth-order valence-electron chi connectivity index (χ4n) is 4.92. The number of halogens is 1. The van der Waals surface area contributed by atoms with Gasteiger partial charge in [-0.15, -0.1) is 0 Å². The minimum absolute atomic E-state index is 0.0102. The molecule has 5 atom stereocenters. The number of aryl methyl sites for hydroxylation is 1. The van der Waals surface area contributed by atoms with Gasteiger partial charge in [-0.1, -0.05) is 42.7 Å². The third-order valence-corrected chi connectivity index (χ3v) is 7.01. The minimum atomic E-state index is -0.614. The van der Waals surface area contributed by atoms with Crippen LogP contribution >= 0.6 is 11.6 Å². The Morgan fingerprint density at radius 1 is 1.10 bits per heavy atom. The van der Waals surface area contributed by atoms with E-state index in [9.17, 15) is 9.59 Å². The highest BCUT2D eigenvalue weighted by Crippen LogP contribution is 2.49. The van der Waals surface area contributed by atoms with Crippen molar-refractivity contribution in [2.45, 2.75) is 45.8 Å². The Kier molecular flexibility index (Phi) is 4.51. The number of anilines is 1. The zero-order valence-electron chi connectivity index (χ0n) is 17.1. The number of fused-ring (bicyclic) bond motifs is 1. The number of carbonyl (C=O) groups excluding carboxylic acids is 2. The predicted molar refractivity (Wildman–Crippen MR) is 111 cm³/mol. The summed E-state index contributed by atoms with van der Waals surface area (Å²) in [6.45, 7) is 6.12. The number of nitrogens with zero attached hydrogens (tertiary/aromatic N) is 2. The average Bonchev–Trinajstić information content (AvgIpc) is 3.26. The van der Waals surface area contributed by atoms with E-state index in [-0.39, 0.29) is 29.5 Å². The molecule has 3 aliphatic rings. The molecule has 30 heavy (non-hydrogen) atoms. The van der Waals surface area contributed by atoms with Crippen molar-refractivity contribution in [1.82, 2.24) is 5.16 Å². The van der Waals surface area contributed by atoms with E-state index in [2.05, 4.69) is 19.0 Å². The molecule has 3 heterocycles. The summed E-state index contributed by atoms with van der Waals surface area (Å²) < 4.78 is 11.5. The first-order chi connectivity index (χ1) is 14.3. The van der Waals surface area contributed by atoms with Crippen molar-refractivity contribution in [3.05, 3.63) is 58.0 Å². The smallest absolute Gasteiger partial charge is 0.295 e. The van der Waals surface area contributed by atoms with Crippen LogP contribution in [0.3, 0.4) is 0 Å². The molecule has 0 spiro atoms. The molecule has 1 aromatic carbocycles. The Labute approximate surface area is 179 Å². The van der Waals surface area contributed by atoms with Gasteiger partial charge in [0.2, 0.25) is 0 Å². The number of amides is 1. The van der Waals surface area contributed by atoms with Crippen LogP contribution in [0.4, 0.5) is 5.82 Å². The Morgan fingerprint density at radius 2 is 1.80 bits per heavy atom. The number of hydrogen-bond donors (Lipinski definition) is 0. The second-order valence-corrected chi connectivity index (χ2v) is 9.16. The van der Waals surface area contributed by atoms with Gasteiger partial charge in [0.1, 0.15) is 11.9 Å². The van der Waals surface area contributed by atoms with E-state index in [0.717, 1.165) is 18.4 Å². The summed E-state index contributed by atoms with van der Waals surface area (Å²) in [5.74, 6) is 1.42. The monoisotopic (exact) mass is 426 g/mol. The number of ketones is 1. The normalized spacial score (nSPS) is 30.9. The van der Waals surface area contributed by atoms with Gasteiger partial charge in [-0.2, -0.15) is 0 Å². The van der Waals surface area contributed by atoms with Crippen LogP contribution in [0.1, 0.15) is 44.1 Å². The molecule has 0 bridgehead atoms. The van der Waals surface area contributed by atoms with Crippen molar-refractivity contribution in [1.29, 1.82) is 0 Å². The lowest BCUT2D eigenvalue weighted by Gasteiger charge is -2.40. The molecule has 1 saturated carbocycles. The van der Waals surface area contributed by atoms with Crippen LogP contribution in [-0.2, 0) is 14.3 Å². The molecule has 7 heteroatoms. The van der Waals surface area contributed by atoms with Gasteiger partial charge in [0.15, 0.2) is 17.4 Å². The van der Waals surface area contributed by atoms with E-state index in [1.54, 1.807) is 25.1 Å². The fraction of sp³-hybridized carbons (Fsp3) is 0.435. The second kappa shape index (κ2) is 6.98. The molecule has 0 saturated heterocycles. The molecule has 1 fully saturated rings. The summed E-state index contributed by atoms with van der Waals surface area (Å²) in [4.78, 5) is 28.6. The molecule has 156 valence electrons. The maximum atomic E-state index is 13.7. The minimum Gasteiger partial charge on any atom is -0.483 e. The Morgan fingerprint density at radius 3 is 2.47 bits per heavy atom. The molecule has 0 N–H and O–H groups in total. The second-order valence-electron chi connectivity index (χ2n) is 8.72. The van der Waals surface area contributed by atoms with Gasteiger partial charge in [0.05, 0.1) is 17.5 Å². The summed E-state index contributed by atoms with van der Waals surface area (Å²) in [7, 11) is 0. The van der Waals surface area contributed by atoms with Crippen LogP contribution in [0, 0.1) is 24.7 Å². The maximum absolute atomic E-state index is 13.7. The standard InChI is InChI=1S/C23H23ClN2O4/c1-11-8-16-17(9-12(11)2)29-22-19(21(16)27)20(14-4-6-15(24)7-5-14)26(23(22)28)18-10-13(3)30-25-18/h4-7,10-12,16-17,20H,8-9H2,1-3H3. The summed E-state index contributed by atoms with van der Waals surface area (Å²) in [6, 6.07) is 8.27. The van der Waals surface area contributed by atoms with Crippen LogP contribution in [0.25, 0.3) is 0 Å². The van der Waals surface area contributed by atoms with E-state index >= 15 is 0 Å². The topological polar surface area (TPSA) is 72.6 Å². The first-order valence-electron chi connectivity index (χ1n) is 10.3. The van der Waals surface area contributed by atoms with Crippen LogP contribution in [0.5, 0.6) is 0 Å². The summed E-state index contributed by atoms with van der Waals surface area (Å²) >= 11 is 6.08. The van der Waals surface area contributed by atoms with Gasteiger partial charge < -0.3 is 9.26 Å². The van der Waals surface area contributed by atoms with Crippen molar-refractivity contribution in [2.75, 3.05) is 4.90 Å². The van der Waals surface area contributed by atoms with Gasteiger partial charge in [0, 0.05) is 11.1 Å². The van der Waals surface area contributed by atoms with Gasteiger partial charge in [-0.05, 0) is 49.3 Å². The van der Waals surface area contributed by atoms with Gasteiger partial charge >= 0.3 is 0 Å². The Bertz CT molecular complexity index is 1060. The number of hydrogen-bond acceptors (Lipinski definition) is 5. The van der Waals surface area contributed by atoms with E-state index in [1.807, 2.05) is 12.1 Å². The molecule has 5 rings (SSSR count). The third-order valence-electron chi connectivity index (χ3n) is 6.76. The molecule has 2 aliphatic heterocycles. The first kappa shape index (κ1) is 19.4. The van der Waals surface area contributed by atoms with Crippen molar-refractivity contribution in [2.24, 2.45) is 17.8 Å². The van der Waals surface area contributed by atoms with Crippen LogP contribution in [0.2, 0.25) is 5.02 Å². The molecule has 0 radical (unpaired) electrons. The third kappa shape index (κ3) is 2.88. The summed E-state index contributed by atoms with van der Waals surface area (Å²) in [5, 5.41) is 4.64. The molecular formula is C23H23ClN2O4. The first-order valence-corrected chi connectivity index (χ1v) is 10.7. The lowest BCUT2D eigenvalue weighted by molar-refractivity contribution is -0.134. The van der Waals surface area contributed by atoms with Crippen LogP contribution in [0.15, 0.2) is 46.2 Å². The molecule has 1 amide bonds. The van der Waals surface area contributed by atoms with E-state index < -0.39 is 6.04 Å². The van der Waals surface area contributed by atoms with Gasteiger partial charge in [0.25, 0.3) is 5.91 Å². The Hall–Kier alpha value is -2.60. The quantitative estimate of drug-likeness (QED) is 0.700. The van der Waals surface area contributed by atoms with Crippen molar-refractivity contribution < 1.29 is 18.8 Å². The highest BCUT2D eigenvalue weighted by Gasteiger charge is 2.54. The van der Waals surface area contributed by atoms with E-state index in [0.29, 0.717) is 34.0 Å². The molecule has 2 aromatic rings. The fourth-order valence-corrected chi connectivity index (χ4v) is 5.05. The van der Waals surface area contributed by atoms with Crippen molar-refractivity contribution >= 4 is 29.1 Å². The highest BCUT2D eigenvalue weighted by molar-refractivity contribution is 6.30. The molecule has 5 unspecified atom stereocenters. The zero-order valence-corrected chi connectivity index (χ0v) is 17.8. The van der Waals surface area contributed by atoms with E-state index in [1.165, 1.54) is 4.90 Å². The lowest BCUT2D eigenvalue weighted by Crippen LogP contribution is -2.43. The number of ether oxygens (including phenoxy) is 1. The molecular weight excluding hydrogens is 404 g/mol. The van der Waals surface area contributed by atoms with E-state index in [4.69, 9.17) is 20.9 Å².